The topological polar surface area (TPSA) is 18.5 Å². The summed E-state index contributed by atoms with van der Waals surface area (Å²) in [7, 11) is 6.36. The van der Waals surface area contributed by atoms with E-state index in [1.807, 2.05) is 0 Å². The van der Waals surface area contributed by atoms with Gasteiger partial charge in [-0.1, -0.05) is 19.1 Å². The highest BCUT2D eigenvalue weighted by atomic mass is 15.1. The van der Waals surface area contributed by atoms with E-state index < -0.39 is 0 Å². The van der Waals surface area contributed by atoms with Gasteiger partial charge >= 0.3 is 0 Å². The first-order valence-corrected chi connectivity index (χ1v) is 6.73. The van der Waals surface area contributed by atoms with Crippen molar-refractivity contribution in [3.05, 3.63) is 29.8 Å². The molecule has 0 saturated heterocycles. The standard InChI is InChI=1S/C15H27N3/c1-6-16-13(2)14-7-9-15(10-8-14)18(5)12-11-17(3)4/h7-10,13,16H,6,11-12H2,1-5H3. The Morgan fingerprint density at radius 1 is 1.06 bits per heavy atom. The summed E-state index contributed by atoms with van der Waals surface area (Å²) in [6, 6.07) is 9.28. The molecule has 0 bridgehead atoms. The molecule has 1 aromatic rings. The number of anilines is 1. The van der Waals surface area contributed by atoms with Crippen LogP contribution in [-0.4, -0.2) is 45.7 Å². The van der Waals surface area contributed by atoms with Crippen LogP contribution in [0.3, 0.4) is 0 Å². The lowest BCUT2D eigenvalue weighted by molar-refractivity contribution is 0.416. The second-order valence-corrected chi connectivity index (χ2v) is 5.10. The molecule has 18 heavy (non-hydrogen) atoms. The van der Waals surface area contributed by atoms with Crippen LogP contribution in [0.1, 0.15) is 25.5 Å². The number of likely N-dealkylation sites (N-methyl/N-ethyl adjacent to an activating group) is 2. The van der Waals surface area contributed by atoms with E-state index in [-0.39, 0.29) is 0 Å². The normalized spacial score (nSPS) is 12.8. The second-order valence-electron chi connectivity index (χ2n) is 5.10. The number of benzene rings is 1. The van der Waals surface area contributed by atoms with E-state index in [1.165, 1.54) is 11.3 Å². The molecule has 0 aliphatic carbocycles. The maximum atomic E-state index is 3.43. The highest BCUT2D eigenvalue weighted by Crippen LogP contribution is 2.18. The van der Waals surface area contributed by atoms with Gasteiger partial charge in [-0.05, 0) is 45.3 Å². The van der Waals surface area contributed by atoms with Crippen LogP contribution < -0.4 is 10.2 Å². The van der Waals surface area contributed by atoms with Crippen LogP contribution in [0.4, 0.5) is 5.69 Å². The van der Waals surface area contributed by atoms with Gasteiger partial charge in [-0.25, -0.2) is 0 Å². The van der Waals surface area contributed by atoms with Gasteiger partial charge in [-0.3, -0.25) is 0 Å². The second kappa shape index (κ2) is 7.39. The first kappa shape index (κ1) is 15.0. The van der Waals surface area contributed by atoms with Crippen LogP contribution in [0.25, 0.3) is 0 Å². The van der Waals surface area contributed by atoms with Crippen LogP contribution in [0.15, 0.2) is 24.3 Å². The molecule has 0 radical (unpaired) electrons. The maximum Gasteiger partial charge on any atom is 0.0364 e. The predicted octanol–water partition coefficient (Wildman–Crippen LogP) is 2.35. The van der Waals surface area contributed by atoms with Crippen molar-refractivity contribution in [3.63, 3.8) is 0 Å². The number of nitrogens with zero attached hydrogens (tertiary/aromatic N) is 2. The average Bonchev–Trinajstić information content (AvgIpc) is 2.36. The number of rotatable bonds is 7. The minimum absolute atomic E-state index is 0.427. The smallest absolute Gasteiger partial charge is 0.0364 e. The fourth-order valence-electron chi connectivity index (χ4n) is 1.92. The molecule has 1 atom stereocenters. The highest BCUT2D eigenvalue weighted by Gasteiger charge is 2.05. The molecular formula is C15H27N3. The zero-order chi connectivity index (χ0) is 13.5. The van der Waals surface area contributed by atoms with Crippen molar-refractivity contribution >= 4 is 5.69 Å². The summed E-state index contributed by atoms with van der Waals surface area (Å²) >= 11 is 0. The molecular weight excluding hydrogens is 222 g/mol. The molecule has 0 saturated carbocycles. The minimum atomic E-state index is 0.427. The quantitative estimate of drug-likeness (QED) is 0.800. The van der Waals surface area contributed by atoms with Crippen molar-refractivity contribution in [3.8, 4) is 0 Å². The first-order chi connectivity index (χ1) is 8.54. The SMILES string of the molecule is CCNC(C)c1ccc(N(C)CCN(C)C)cc1. The Bertz CT molecular complexity index is 332. The van der Waals surface area contributed by atoms with E-state index in [9.17, 15) is 0 Å². The molecule has 0 heterocycles. The third-order valence-corrected chi connectivity index (χ3v) is 3.23. The molecule has 0 aromatic heterocycles. The molecule has 0 amide bonds. The maximum absolute atomic E-state index is 3.43. The zero-order valence-corrected chi connectivity index (χ0v) is 12.4. The lowest BCUT2D eigenvalue weighted by Crippen LogP contribution is -2.28. The molecule has 3 heteroatoms. The van der Waals surface area contributed by atoms with E-state index in [1.54, 1.807) is 0 Å². The van der Waals surface area contributed by atoms with Crippen molar-refractivity contribution in [2.45, 2.75) is 19.9 Å². The van der Waals surface area contributed by atoms with E-state index >= 15 is 0 Å². The van der Waals surface area contributed by atoms with Crippen molar-refractivity contribution in [2.24, 2.45) is 0 Å². The molecule has 102 valence electrons. The fraction of sp³-hybridized carbons (Fsp3) is 0.600. The summed E-state index contributed by atoms with van der Waals surface area (Å²) in [4.78, 5) is 4.50. The summed E-state index contributed by atoms with van der Waals surface area (Å²) in [5, 5.41) is 3.43. The molecule has 0 spiro atoms. The van der Waals surface area contributed by atoms with Crippen LogP contribution in [0, 0.1) is 0 Å². The van der Waals surface area contributed by atoms with Gasteiger partial charge in [0.15, 0.2) is 0 Å². The van der Waals surface area contributed by atoms with Gasteiger partial charge < -0.3 is 15.1 Å². The van der Waals surface area contributed by atoms with Gasteiger partial charge in [0, 0.05) is 31.9 Å². The third kappa shape index (κ3) is 4.67. The number of hydrogen-bond acceptors (Lipinski definition) is 3. The number of hydrogen-bond donors (Lipinski definition) is 1. The molecule has 0 aliphatic heterocycles. The Morgan fingerprint density at radius 2 is 1.67 bits per heavy atom. The number of nitrogens with one attached hydrogen (secondary N) is 1. The largest absolute Gasteiger partial charge is 0.373 e. The predicted molar refractivity (Wildman–Crippen MR) is 80.4 cm³/mol. The van der Waals surface area contributed by atoms with E-state index in [2.05, 4.69) is 74.4 Å². The van der Waals surface area contributed by atoms with Crippen LogP contribution >= 0.6 is 0 Å². The lowest BCUT2D eigenvalue weighted by atomic mass is 10.1. The van der Waals surface area contributed by atoms with Gasteiger partial charge in [0.25, 0.3) is 0 Å². The summed E-state index contributed by atoms with van der Waals surface area (Å²) < 4.78 is 0. The van der Waals surface area contributed by atoms with Gasteiger partial charge in [-0.2, -0.15) is 0 Å². The monoisotopic (exact) mass is 249 g/mol. The molecule has 0 fully saturated rings. The first-order valence-electron chi connectivity index (χ1n) is 6.73. The molecule has 1 rings (SSSR count). The lowest BCUT2D eigenvalue weighted by Gasteiger charge is -2.22. The van der Waals surface area contributed by atoms with E-state index in [0.717, 1.165) is 19.6 Å². The Hall–Kier alpha value is -1.06. The van der Waals surface area contributed by atoms with Crippen molar-refractivity contribution in [1.82, 2.24) is 10.2 Å². The van der Waals surface area contributed by atoms with E-state index in [0.29, 0.717) is 6.04 Å². The van der Waals surface area contributed by atoms with Gasteiger partial charge in [0.1, 0.15) is 0 Å². The van der Waals surface area contributed by atoms with Crippen molar-refractivity contribution in [2.75, 3.05) is 45.7 Å². The summed E-state index contributed by atoms with van der Waals surface area (Å²) in [5.41, 5.74) is 2.63. The summed E-state index contributed by atoms with van der Waals surface area (Å²) in [5.74, 6) is 0. The van der Waals surface area contributed by atoms with Gasteiger partial charge in [0.2, 0.25) is 0 Å². The molecule has 1 unspecified atom stereocenters. The Balaban J connectivity index is 2.58. The molecule has 1 N–H and O–H groups in total. The molecule has 0 aliphatic rings. The molecule has 3 nitrogen and oxygen atoms in total. The summed E-state index contributed by atoms with van der Waals surface area (Å²) in [6.45, 7) is 7.47. The van der Waals surface area contributed by atoms with Crippen molar-refractivity contribution < 1.29 is 0 Å². The Kier molecular flexibility index (Phi) is 6.16. The molecule has 1 aromatic carbocycles. The highest BCUT2D eigenvalue weighted by molar-refractivity contribution is 5.47. The zero-order valence-electron chi connectivity index (χ0n) is 12.4. The van der Waals surface area contributed by atoms with Crippen LogP contribution in [0.2, 0.25) is 0 Å². The average molecular weight is 249 g/mol. The third-order valence-electron chi connectivity index (χ3n) is 3.23. The van der Waals surface area contributed by atoms with Crippen molar-refractivity contribution in [1.29, 1.82) is 0 Å². The van der Waals surface area contributed by atoms with Crippen LogP contribution in [-0.2, 0) is 0 Å². The van der Waals surface area contributed by atoms with Gasteiger partial charge in [0.05, 0.1) is 0 Å². The Labute approximate surface area is 112 Å². The van der Waals surface area contributed by atoms with Gasteiger partial charge in [-0.15, -0.1) is 0 Å². The Morgan fingerprint density at radius 3 is 2.17 bits per heavy atom. The minimum Gasteiger partial charge on any atom is -0.373 e. The summed E-state index contributed by atoms with van der Waals surface area (Å²) in [6.07, 6.45) is 0. The van der Waals surface area contributed by atoms with Crippen LogP contribution in [0.5, 0.6) is 0 Å². The fourth-order valence-corrected chi connectivity index (χ4v) is 1.92. The van der Waals surface area contributed by atoms with E-state index in [4.69, 9.17) is 0 Å².